The van der Waals surface area contributed by atoms with Crippen molar-refractivity contribution < 1.29 is 18.7 Å². The second-order valence-corrected chi connectivity index (χ2v) is 11.0. The topological polar surface area (TPSA) is 109 Å². The van der Waals surface area contributed by atoms with E-state index in [-0.39, 0.29) is 36.0 Å². The van der Waals surface area contributed by atoms with Gasteiger partial charge in [0.2, 0.25) is 5.91 Å². The summed E-state index contributed by atoms with van der Waals surface area (Å²) in [7, 11) is 3.32. The predicted molar refractivity (Wildman–Crippen MR) is 169 cm³/mol. The number of likely N-dealkylation sites (N-methyl/N-ethyl adjacent to an activating group) is 1. The minimum Gasteiger partial charge on any atom is -0.496 e. The van der Waals surface area contributed by atoms with E-state index >= 15 is 4.39 Å². The fourth-order valence-corrected chi connectivity index (χ4v) is 5.71. The monoisotopic (exact) mass is 607 g/mol. The first kappa shape index (κ1) is 29.7. The average Bonchev–Trinajstić information content (AvgIpc) is 3.78. The molecule has 45 heavy (non-hydrogen) atoms. The number of nitrogens with zero attached hydrogens (tertiary/aromatic N) is 6. The van der Waals surface area contributed by atoms with Crippen LogP contribution in [0, 0.1) is 5.82 Å². The van der Waals surface area contributed by atoms with Crippen LogP contribution in [-0.2, 0) is 17.8 Å². The first-order valence-electron chi connectivity index (χ1n) is 14.9. The molecule has 0 radical (unpaired) electrons. The van der Waals surface area contributed by atoms with Crippen LogP contribution in [0.5, 0.6) is 5.75 Å². The summed E-state index contributed by atoms with van der Waals surface area (Å²) in [5.41, 5.74) is 3.97. The summed E-state index contributed by atoms with van der Waals surface area (Å²) in [5, 5.41) is 8.29. The number of methoxy groups -OCH3 is 1. The predicted octanol–water partition coefficient (Wildman–Crippen LogP) is 4.99. The van der Waals surface area contributed by atoms with Crippen LogP contribution in [0.15, 0.2) is 79.3 Å². The van der Waals surface area contributed by atoms with Gasteiger partial charge in [-0.1, -0.05) is 35.6 Å². The molecule has 3 aromatic heterocycles. The zero-order valence-electron chi connectivity index (χ0n) is 25.2. The number of ether oxygens (including phenoxy) is 1. The molecule has 2 aromatic carbocycles. The summed E-state index contributed by atoms with van der Waals surface area (Å²) in [4.78, 5) is 37.4. The van der Waals surface area contributed by atoms with Crippen LogP contribution in [-0.4, -0.2) is 80.4 Å². The zero-order chi connectivity index (χ0) is 31.3. The van der Waals surface area contributed by atoms with Gasteiger partial charge in [-0.3, -0.25) is 19.3 Å². The van der Waals surface area contributed by atoms with Crippen LogP contribution in [0.3, 0.4) is 0 Å². The van der Waals surface area contributed by atoms with E-state index in [1.54, 1.807) is 59.4 Å². The number of aromatic amines is 1. The van der Waals surface area contributed by atoms with Crippen molar-refractivity contribution in [3.8, 4) is 16.9 Å². The molecule has 1 aliphatic heterocycles. The van der Waals surface area contributed by atoms with Gasteiger partial charge in [0.25, 0.3) is 5.91 Å². The smallest absolute Gasteiger partial charge is 0.270 e. The minimum atomic E-state index is -0.470. The molecule has 0 aliphatic carbocycles. The Labute approximate surface area is 260 Å². The first-order chi connectivity index (χ1) is 21.9. The lowest BCUT2D eigenvalue weighted by Crippen LogP contribution is -2.36. The Kier molecular flexibility index (Phi) is 8.68. The maximum absolute atomic E-state index is 16.5. The van der Waals surface area contributed by atoms with E-state index < -0.39 is 5.82 Å². The minimum absolute atomic E-state index is 0.0379. The molecule has 4 heterocycles. The summed E-state index contributed by atoms with van der Waals surface area (Å²) < 4.78 is 23.8. The Hall–Kier alpha value is -5.32. The van der Waals surface area contributed by atoms with Crippen molar-refractivity contribution in [1.82, 2.24) is 34.8 Å². The van der Waals surface area contributed by atoms with E-state index in [2.05, 4.69) is 20.3 Å². The van der Waals surface area contributed by atoms with E-state index in [9.17, 15) is 9.59 Å². The Morgan fingerprint density at radius 2 is 1.91 bits per heavy atom. The molecule has 10 nitrogen and oxygen atoms in total. The van der Waals surface area contributed by atoms with Gasteiger partial charge in [-0.25, -0.2) is 4.39 Å². The number of benzene rings is 2. The summed E-state index contributed by atoms with van der Waals surface area (Å²) in [6, 6.07) is 16.7. The molecule has 2 amide bonds. The van der Waals surface area contributed by atoms with Gasteiger partial charge >= 0.3 is 0 Å². The largest absolute Gasteiger partial charge is 0.496 e. The molecule has 5 aromatic rings. The Morgan fingerprint density at radius 3 is 2.69 bits per heavy atom. The van der Waals surface area contributed by atoms with Crippen molar-refractivity contribution in [1.29, 1.82) is 0 Å². The summed E-state index contributed by atoms with van der Waals surface area (Å²) in [6.45, 7) is 1.69. The molecule has 0 fully saturated rings. The number of hydrogen-bond acceptors (Lipinski definition) is 6. The fraction of sp³-hybridized carbons (Fsp3) is 0.265. The lowest BCUT2D eigenvalue weighted by atomic mass is 9.93. The van der Waals surface area contributed by atoms with Crippen molar-refractivity contribution >= 4 is 28.3 Å². The molecule has 0 unspecified atom stereocenters. The highest BCUT2D eigenvalue weighted by Crippen LogP contribution is 2.40. The van der Waals surface area contributed by atoms with Crippen molar-refractivity contribution in [2.24, 2.45) is 0 Å². The van der Waals surface area contributed by atoms with Gasteiger partial charge in [-0.05, 0) is 47.9 Å². The molecule has 1 N–H and O–H groups in total. The van der Waals surface area contributed by atoms with Crippen LogP contribution in [0.2, 0.25) is 0 Å². The number of fused-ring (bicyclic) bond motifs is 1. The number of halogens is 1. The maximum atomic E-state index is 16.5. The average molecular weight is 608 g/mol. The van der Waals surface area contributed by atoms with Crippen LogP contribution < -0.4 is 4.74 Å². The molecular formula is C34H34FN7O3. The van der Waals surface area contributed by atoms with Crippen molar-refractivity contribution in [2.45, 2.75) is 25.8 Å². The third-order valence-corrected chi connectivity index (χ3v) is 8.13. The second-order valence-electron chi connectivity index (χ2n) is 11.0. The van der Waals surface area contributed by atoms with E-state index in [0.29, 0.717) is 54.7 Å². The van der Waals surface area contributed by atoms with Gasteiger partial charge in [0.1, 0.15) is 11.4 Å². The number of amides is 2. The number of carbonyl (C=O) groups excluding carboxylic acids is 2. The molecule has 1 aliphatic rings. The lowest BCUT2D eigenvalue weighted by Gasteiger charge is -2.28. The number of hydrogen-bond donors (Lipinski definition) is 1. The van der Waals surface area contributed by atoms with Crippen LogP contribution in [0.1, 0.15) is 34.6 Å². The molecule has 0 spiro atoms. The van der Waals surface area contributed by atoms with E-state index in [1.807, 2.05) is 48.5 Å². The molecule has 0 atom stereocenters. The van der Waals surface area contributed by atoms with Crippen LogP contribution >= 0.6 is 0 Å². The Morgan fingerprint density at radius 1 is 1.07 bits per heavy atom. The van der Waals surface area contributed by atoms with Gasteiger partial charge in [-0.2, -0.15) is 0 Å². The highest BCUT2D eigenvalue weighted by Gasteiger charge is 2.26. The maximum Gasteiger partial charge on any atom is 0.270 e. The number of nitrogens with one attached hydrogen (secondary N) is 1. The van der Waals surface area contributed by atoms with Gasteiger partial charge < -0.3 is 19.5 Å². The molecule has 0 saturated heterocycles. The molecule has 0 saturated carbocycles. The van der Waals surface area contributed by atoms with Gasteiger partial charge in [-0.15, -0.1) is 5.10 Å². The summed E-state index contributed by atoms with van der Waals surface area (Å²) in [5.74, 6) is -0.137. The lowest BCUT2D eigenvalue weighted by molar-refractivity contribution is -0.131. The third kappa shape index (κ3) is 6.33. The quantitative estimate of drug-likeness (QED) is 0.240. The number of para-hydroxylation sites is 1. The van der Waals surface area contributed by atoms with E-state index in [4.69, 9.17) is 4.74 Å². The Bertz CT molecular complexity index is 1850. The molecular weight excluding hydrogens is 573 g/mol. The van der Waals surface area contributed by atoms with E-state index in [0.717, 1.165) is 16.8 Å². The molecule has 6 rings (SSSR count). The highest BCUT2D eigenvalue weighted by atomic mass is 19.1. The van der Waals surface area contributed by atoms with Crippen LogP contribution in [0.25, 0.3) is 27.6 Å². The zero-order valence-corrected chi connectivity index (χ0v) is 25.2. The van der Waals surface area contributed by atoms with Gasteiger partial charge in [0.15, 0.2) is 5.82 Å². The SMILES string of the molecule is COc1ccccc1-c1cc(C2=CCCN(C(=O)CCn3ccnn3)C2)c(F)c2[nH]c(C(=O)N(C)CCc3ccccn3)cc12. The summed E-state index contributed by atoms with van der Waals surface area (Å²) in [6.07, 6.45) is 8.46. The fourth-order valence-electron chi connectivity index (χ4n) is 5.71. The van der Waals surface area contributed by atoms with Gasteiger partial charge in [0, 0.05) is 74.1 Å². The third-order valence-electron chi connectivity index (χ3n) is 8.13. The number of H-pyrrole nitrogens is 1. The van der Waals surface area contributed by atoms with Crippen molar-refractivity contribution in [2.75, 3.05) is 33.8 Å². The number of aryl methyl sites for hydroxylation is 1. The summed E-state index contributed by atoms with van der Waals surface area (Å²) >= 11 is 0. The second kappa shape index (κ2) is 13.1. The number of rotatable bonds is 10. The molecule has 230 valence electrons. The number of pyridine rings is 1. The first-order valence-corrected chi connectivity index (χ1v) is 14.9. The molecule has 11 heteroatoms. The molecule has 0 bridgehead atoms. The Balaban J connectivity index is 1.34. The van der Waals surface area contributed by atoms with Crippen molar-refractivity contribution in [3.63, 3.8) is 0 Å². The van der Waals surface area contributed by atoms with Crippen molar-refractivity contribution in [3.05, 3.63) is 102 Å². The van der Waals surface area contributed by atoms with Crippen LogP contribution in [0.4, 0.5) is 4.39 Å². The number of aromatic nitrogens is 5. The highest BCUT2D eigenvalue weighted by molar-refractivity contribution is 6.05. The van der Waals surface area contributed by atoms with Gasteiger partial charge in [0.05, 0.1) is 25.4 Å². The van der Waals surface area contributed by atoms with E-state index in [1.165, 1.54) is 0 Å². The standard InChI is InChI=1S/C34H34FN7O3/c1-40(17-12-24-9-5-6-14-36-24)34(44)29-21-28-27(25-10-3-4-11-30(25)45-2)20-26(32(35)33(28)38-29)23-8-7-16-41(22-23)31(43)13-18-42-19-15-37-39-42/h3-6,8-11,14-15,19-21,38H,7,12-13,16-18,22H2,1-2H3. The normalized spacial score (nSPS) is 13.1. The number of carbonyl (C=O) groups is 2.